The van der Waals surface area contributed by atoms with Crippen molar-refractivity contribution in [3.63, 3.8) is 0 Å². The lowest BCUT2D eigenvalue weighted by molar-refractivity contribution is 0.183. The maximum atomic E-state index is 8.55. The average molecular weight is 291 g/mol. The largest absolute Gasteiger partial charge is 0.447 e. The zero-order chi connectivity index (χ0) is 16.5. The van der Waals surface area contributed by atoms with Gasteiger partial charge in [-0.25, -0.2) is 0 Å². The number of nitrogens with one attached hydrogen (secondary N) is 1. The van der Waals surface area contributed by atoms with E-state index in [4.69, 9.17) is 20.4 Å². The first kappa shape index (κ1) is 21.2. The minimum Gasteiger partial charge on any atom is -0.447 e. The molecule has 1 unspecified atom stereocenters. The third-order valence-corrected chi connectivity index (χ3v) is 2.03. The maximum absolute atomic E-state index is 8.55. The van der Waals surface area contributed by atoms with Crippen LogP contribution in [-0.4, -0.2) is 28.8 Å². The van der Waals surface area contributed by atoms with E-state index >= 15 is 0 Å². The Kier molecular flexibility index (Phi) is 16.1. The third kappa shape index (κ3) is 15.9. The molecule has 116 valence electrons. The van der Waals surface area contributed by atoms with Crippen molar-refractivity contribution in [1.82, 2.24) is 0 Å². The molecule has 1 atom stereocenters. The summed E-state index contributed by atoms with van der Waals surface area (Å²) in [4.78, 5) is 0. The van der Waals surface area contributed by atoms with Crippen molar-refractivity contribution in [2.24, 2.45) is 0 Å². The van der Waals surface area contributed by atoms with Crippen LogP contribution in [-0.2, 0) is 4.74 Å². The molecule has 3 N–H and O–H groups in total. The van der Waals surface area contributed by atoms with Gasteiger partial charge in [-0.3, -0.25) is 5.41 Å². The second-order valence-electron chi connectivity index (χ2n) is 3.98. The van der Waals surface area contributed by atoms with Crippen molar-refractivity contribution >= 4 is 5.90 Å². The molecule has 1 rings (SSSR count). The molecular weight excluding hydrogens is 266 g/mol. The van der Waals surface area contributed by atoms with E-state index in [9.17, 15) is 0 Å². The number of ether oxygens (including phenoxy) is 1. The molecule has 0 aliphatic rings. The van der Waals surface area contributed by atoms with Gasteiger partial charge in [0.05, 0.1) is 12.4 Å². The van der Waals surface area contributed by atoms with Gasteiger partial charge in [-0.2, -0.15) is 0 Å². The topological polar surface area (TPSA) is 73.5 Å². The first-order valence-corrected chi connectivity index (χ1v) is 6.67. The third-order valence-electron chi connectivity index (χ3n) is 2.03. The number of benzene rings is 1. The molecule has 4 heteroatoms. The molecule has 0 heterocycles. The van der Waals surface area contributed by atoms with E-state index in [0.29, 0.717) is 0 Å². The Morgan fingerprint density at radius 3 is 2.29 bits per heavy atom. The molecule has 0 spiro atoms. The van der Waals surface area contributed by atoms with Crippen molar-refractivity contribution in [3.05, 3.63) is 48.7 Å². The van der Waals surface area contributed by atoms with Gasteiger partial charge in [0.2, 0.25) is 5.90 Å². The fraction of sp³-hybridized carbons (Fsp3) is 0.353. The summed E-state index contributed by atoms with van der Waals surface area (Å²) in [5.41, 5.74) is 0.757. The Bertz CT molecular complexity index is 408. The van der Waals surface area contributed by atoms with Gasteiger partial charge in [-0.1, -0.05) is 44.0 Å². The second-order valence-corrected chi connectivity index (χ2v) is 3.98. The van der Waals surface area contributed by atoms with Crippen molar-refractivity contribution in [2.45, 2.75) is 32.8 Å². The summed E-state index contributed by atoms with van der Waals surface area (Å²) in [6.07, 6.45) is 7.68. The van der Waals surface area contributed by atoms with Crippen LogP contribution >= 0.6 is 0 Å². The van der Waals surface area contributed by atoms with Gasteiger partial charge in [0.1, 0.15) is 6.61 Å². The molecule has 21 heavy (non-hydrogen) atoms. The molecule has 0 aliphatic carbocycles. The predicted octanol–water partition coefficient (Wildman–Crippen LogP) is 2.95. The quantitative estimate of drug-likeness (QED) is 0.345. The highest BCUT2D eigenvalue weighted by molar-refractivity contribution is 5.91. The Morgan fingerprint density at radius 2 is 2.00 bits per heavy atom. The van der Waals surface area contributed by atoms with Crippen molar-refractivity contribution in [2.75, 3.05) is 6.61 Å². The summed E-state index contributed by atoms with van der Waals surface area (Å²) in [6, 6.07) is 9.23. The predicted molar refractivity (Wildman–Crippen MR) is 87.1 cm³/mol. The van der Waals surface area contributed by atoms with Gasteiger partial charge in [-0.15, -0.1) is 6.42 Å². The van der Waals surface area contributed by atoms with Crippen LogP contribution in [0.25, 0.3) is 0 Å². The molecular formula is C17H25NO3. The molecule has 1 aromatic carbocycles. The lowest BCUT2D eigenvalue weighted by Gasteiger charge is -1.99. The van der Waals surface area contributed by atoms with Gasteiger partial charge < -0.3 is 14.9 Å². The number of aliphatic hydroxyl groups excluding tert-OH is 2. The number of terminal acetylenes is 1. The monoisotopic (exact) mass is 291 g/mol. The Morgan fingerprint density at radius 1 is 1.48 bits per heavy atom. The van der Waals surface area contributed by atoms with E-state index in [0.717, 1.165) is 18.4 Å². The summed E-state index contributed by atoms with van der Waals surface area (Å²) in [5, 5.41) is 23.5. The van der Waals surface area contributed by atoms with E-state index in [1.165, 1.54) is 6.26 Å². The molecule has 0 aromatic heterocycles. The van der Waals surface area contributed by atoms with Crippen LogP contribution < -0.4 is 0 Å². The van der Waals surface area contributed by atoms with Gasteiger partial charge in [0.25, 0.3) is 0 Å². The molecule has 0 fully saturated rings. The molecule has 0 saturated carbocycles. The fourth-order valence-corrected chi connectivity index (χ4v) is 1.16. The SMILES string of the molecule is C#CCO.C=COC(=N)c1ccccc1.CCCC(C)O. The summed E-state index contributed by atoms with van der Waals surface area (Å²) >= 11 is 0. The highest BCUT2D eigenvalue weighted by atomic mass is 16.5. The van der Waals surface area contributed by atoms with Crippen LogP contribution in [0.4, 0.5) is 0 Å². The lowest BCUT2D eigenvalue weighted by atomic mass is 10.2. The van der Waals surface area contributed by atoms with E-state index in [1.807, 2.05) is 43.2 Å². The first-order chi connectivity index (χ1) is 10.0. The van der Waals surface area contributed by atoms with Crippen molar-refractivity contribution < 1.29 is 14.9 Å². The Hall–Kier alpha value is -2.09. The molecule has 0 bridgehead atoms. The molecule has 0 amide bonds. The number of rotatable bonds is 4. The summed E-state index contributed by atoms with van der Waals surface area (Å²) in [6.45, 7) is 7.08. The van der Waals surface area contributed by atoms with Crippen molar-refractivity contribution in [1.29, 1.82) is 5.41 Å². The summed E-state index contributed by atoms with van der Waals surface area (Å²) in [5.74, 6) is 2.11. The highest BCUT2D eigenvalue weighted by Gasteiger charge is 1.96. The number of hydrogen-bond acceptors (Lipinski definition) is 4. The van der Waals surface area contributed by atoms with E-state index in [2.05, 4.69) is 19.9 Å². The standard InChI is InChI=1S/C9H9NO.C5H12O.C3H4O/c1-2-11-9(10)8-6-4-3-5-7-8;1-3-4-5(2)6;1-2-3-4/h2-7,10H,1H2;5-6H,3-4H2,1-2H3;1,4H,3H2. The lowest BCUT2D eigenvalue weighted by Crippen LogP contribution is -1.98. The van der Waals surface area contributed by atoms with Gasteiger partial charge in [-0.05, 0) is 25.5 Å². The molecule has 0 radical (unpaired) electrons. The normalized spacial score (nSPS) is 9.67. The van der Waals surface area contributed by atoms with Crippen LogP contribution in [0.1, 0.15) is 32.3 Å². The zero-order valence-electron chi connectivity index (χ0n) is 12.7. The van der Waals surface area contributed by atoms with Crippen LogP contribution in [0.5, 0.6) is 0 Å². The van der Waals surface area contributed by atoms with Gasteiger partial charge >= 0.3 is 0 Å². The first-order valence-electron chi connectivity index (χ1n) is 6.67. The number of hydrogen-bond donors (Lipinski definition) is 3. The smallest absolute Gasteiger partial charge is 0.218 e. The minimum atomic E-state index is -0.153. The highest BCUT2D eigenvalue weighted by Crippen LogP contribution is 2.00. The maximum Gasteiger partial charge on any atom is 0.218 e. The summed E-state index contributed by atoms with van der Waals surface area (Å²) in [7, 11) is 0. The van der Waals surface area contributed by atoms with E-state index in [-0.39, 0.29) is 18.6 Å². The fourth-order valence-electron chi connectivity index (χ4n) is 1.16. The minimum absolute atomic E-state index is 0.102. The van der Waals surface area contributed by atoms with E-state index < -0.39 is 0 Å². The summed E-state index contributed by atoms with van der Waals surface area (Å²) < 4.78 is 4.78. The van der Waals surface area contributed by atoms with Crippen LogP contribution in [0.3, 0.4) is 0 Å². The molecule has 1 aromatic rings. The number of aliphatic hydroxyl groups is 2. The molecule has 4 nitrogen and oxygen atoms in total. The zero-order valence-corrected chi connectivity index (χ0v) is 12.7. The van der Waals surface area contributed by atoms with Crippen LogP contribution in [0.15, 0.2) is 43.2 Å². The van der Waals surface area contributed by atoms with Gasteiger partial charge in [0.15, 0.2) is 0 Å². The van der Waals surface area contributed by atoms with Crippen molar-refractivity contribution in [3.8, 4) is 12.3 Å². The van der Waals surface area contributed by atoms with Crippen LogP contribution in [0.2, 0.25) is 0 Å². The second kappa shape index (κ2) is 16.0. The van der Waals surface area contributed by atoms with E-state index in [1.54, 1.807) is 0 Å². The van der Waals surface area contributed by atoms with Gasteiger partial charge in [0, 0.05) is 5.56 Å². The van der Waals surface area contributed by atoms with Crippen LogP contribution in [0, 0.1) is 17.8 Å². The Labute approximate surface area is 127 Å². The molecule has 0 saturated heterocycles. The average Bonchev–Trinajstić information content (AvgIpc) is 2.49. The molecule has 0 aliphatic heterocycles. The Balaban J connectivity index is 0.